The van der Waals surface area contributed by atoms with E-state index in [0.29, 0.717) is 0 Å². The van der Waals surface area contributed by atoms with Gasteiger partial charge < -0.3 is 4.74 Å². The maximum Gasteiger partial charge on any atom is 0.331 e. The van der Waals surface area contributed by atoms with E-state index in [1.165, 1.54) is 11.6 Å². The second-order valence-electron chi connectivity index (χ2n) is 3.55. The Morgan fingerprint density at radius 1 is 1.62 bits per heavy atom. The first-order chi connectivity index (χ1) is 6.18. The predicted octanol–water partition coefficient (Wildman–Crippen LogP) is 2.60. The van der Waals surface area contributed by atoms with E-state index in [-0.39, 0.29) is 12.1 Å². The van der Waals surface area contributed by atoms with Crippen molar-refractivity contribution in [2.24, 2.45) is 0 Å². The van der Waals surface area contributed by atoms with Crippen molar-refractivity contribution in [1.29, 1.82) is 0 Å². The minimum absolute atomic E-state index is 0.0260. The molecule has 72 valence electrons. The molecule has 0 aliphatic carbocycles. The highest BCUT2D eigenvalue weighted by molar-refractivity contribution is 5.84. The number of unbranched alkanes of at least 4 members (excludes halogenated alkanes) is 1. The lowest BCUT2D eigenvalue weighted by atomic mass is 10.1. The molecule has 0 fully saturated rings. The van der Waals surface area contributed by atoms with E-state index >= 15 is 0 Å². The van der Waals surface area contributed by atoms with Crippen LogP contribution in [0.25, 0.3) is 0 Å². The van der Waals surface area contributed by atoms with Gasteiger partial charge in [0.2, 0.25) is 0 Å². The van der Waals surface area contributed by atoms with Gasteiger partial charge in [0.15, 0.2) is 0 Å². The standard InChI is InChI=1S/C11H16O2/c1-9(2)5-3-4-6-10-7-8-11(12)13-10/h5,7-8,10H,3-4,6H2,1-2H3. The molecule has 0 aromatic rings. The molecule has 1 unspecified atom stereocenters. The van der Waals surface area contributed by atoms with E-state index in [0.717, 1.165) is 19.3 Å². The van der Waals surface area contributed by atoms with E-state index in [9.17, 15) is 4.79 Å². The fourth-order valence-corrected chi connectivity index (χ4v) is 1.28. The number of carbonyl (C=O) groups excluding carboxylic acids is 1. The molecule has 0 amide bonds. The van der Waals surface area contributed by atoms with Crippen molar-refractivity contribution in [3.63, 3.8) is 0 Å². The molecule has 0 aromatic heterocycles. The van der Waals surface area contributed by atoms with Gasteiger partial charge in [-0.1, -0.05) is 11.6 Å². The normalized spacial score (nSPS) is 20.2. The number of esters is 1. The molecule has 2 heteroatoms. The second kappa shape index (κ2) is 4.85. The molecule has 0 spiro atoms. The van der Waals surface area contributed by atoms with Crippen molar-refractivity contribution in [2.75, 3.05) is 0 Å². The van der Waals surface area contributed by atoms with Crippen LogP contribution in [0.4, 0.5) is 0 Å². The first-order valence-electron chi connectivity index (χ1n) is 4.70. The van der Waals surface area contributed by atoms with E-state index in [2.05, 4.69) is 19.9 Å². The zero-order valence-electron chi connectivity index (χ0n) is 8.25. The van der Waals surface area contributed by atoms with Crippen molar-refractivity contribution in [2.45, 2.75) is 39.2 Å². The van der Waals surface area contributed by atoms with Crippen LogP contribution in [0.15, 0.2) is 23.8 Å². The van der Waals surface area contributed by atoms with E-state index in [4.69, 9.17) is 4.74 Å². The van der Waals surface area contributed by atoms with E-state index in [1.807, 2.05) is 6.08 Å². The lowest BCUT2D eigenvalue weighted by molar-refractivity contribution is -0.138. The van der Waals surface area contributed by atoms with Crippen molar-refractivity contribution < 1.29 is 9.53 Å². The minimum atomic E-state index is -0.202. The zero-order chi connectivity index (χ0) is 9.68. The highest BCUT2D eigenvalue weighted by Gasteiger charge is 2.14. The molecule has 0 radical (unpaired) electrons. The number of carbonyl (C=O) groups is 1. The molecule has 1 aliphatic rings. The smallest absolute Gasteiger partial charge is 0.331 e. The van der Waals surface area contributed by atoms with Gasteiger partial charge in [-0.15, -0.1) is 0 Å². The Kier molecular flexibility index (Phi) is 3.74. The van der Waals surface area contributed by atoms with Crippen molar-refractivity contribution in [1.82, 2.24) is 0 Å². The minimum Gasteiger partial charge on any atom is -0.455 e. The van der Waals surface area contributed by atoms with Gasteiger partial charge in [0.1, 0.15) is 6.10 Å². The van der Waals surface area contributed by atoms with Gasteiger partial charge >= 0.3 is 5.97 Å². The molecule has 0 N–H and O–H groups in total. The van der Waals surface area contributed by atoms with Crippen molar-refractivity contribution in [3.8, 4) is 0 Å². The van der Waals surface area contributed by atoms with Crippen molar-refractivity contribution in [3.05, 3.63) is 23.8 Å². The molecule has 1 aliphatic heterocycles. The molecule has 1 rings (SSSR count). The summed E-state index contributed by atoms with van der Waals surface area (Å²) < 4.78 is 5.00. The lowest BCUT2D eigenvalue weighted by Gasteiger charge is -2.06. The van der Waals surface area contributed by atoms with Gasteiger partial charge in [-0.3, -0.25) is 0 Å². The SMILES string of the molecule is CC(C)=CCCCC1C=CC(=O)O1. The maximum atomic E-state index is 10.7. The quantitative estimate of drug-likeness (QED) is 0.377. The number of allylic oxidation sites excluding steroid dienone is 2. The monoisotopic (exact) mass is 180 g/mol. The fraction of sp³-hybridized carbons (Fsp3) is 0.545. The third kappa shape index (κ3) is 3.92. The molecule has 13 heavy (non-hydrogen) atoms. The number of cyclic esters (lactones) is 1. The van der Waals surface area contributed by atoms with Gasteiger partial charge in [0, 0.05) is 6.08 Å². The highest BCUT2D eigenvalue weighted by Crippen LogP contribution is 2.12. The van der Waals surface area contributed by atoms with Crippen LogP contribution in [0.5, 0.6) is 0 Å². The Bertz CT molecular complexity index is 234. The summed E-state index contributed by atoms with van der Waals surface area (Å²) in [5.41, 5.74) is 1.35. The number of hydrogen-bond acceptors (Lipinski definition) is 2. The average Bonchev–Trinajstić information content (AvgIpc) is 2.45. The number of ether oxygens (including phenoxy) is 1. The Morgan fingerprint density at radius 3 is 2.92 bits per heavy atom. The Labute approximate surface area is 79.3 Å². The van der Waals surface area contributed by atoms with Crippen molar-refractivity contribution >= 4 is 5.97 Å². The topological polar surface area (TPSA) is 26.3 Å². The van der Waals surface area contributed by atoms with Crippen LogP contribution in [-0.2, 0) is 9.53 Å². The summed E-state index contributed by atoms with van der Waals surface area (Å²) in [6, 6.07) is 0. The highest BCUT2D eigenvalue weighted by atomic mass is 16.5. The van der Waals surface area contributed by atoms with Crippen LogP contribution in [0.2, 0.25) is 0 Å². The molecule has 1 atom stereocenters. The summed E-state index contributed by atoms with van der Waals surface area (Å²) in [6.45, 7) is 4.19. The second-order valence-corrected chi connectivity index (χ2v) is 3.55. The molecular formula is C11H16O2. The Morgan fingerprint density at radius 2 is 2.38 bits per heavy atom. The Hall–Kier alpha value is -1.05. The van der Waals surface area contributed by atoms with Gasteiger partial charge in [0.05, 0.1) is 0 Å². The van der Waals surface area contributed by atoms with Gasteiger partial charge in [-0.25, -0.2) is 4.79 Å². The van der Waals surface area contributed by atoms with Gasteiger partial charge in [-0.05, 0) is 39.2 Å². The van der Waals surface area contributed by atoms with Crippen LogP contribution >= 0.6 is 0 Å². The van der Waals surface area contributed by atoms with Gasteiger partial charge in [-0.2, -0.15) is 0 Å². The third-order valence-electron chi connectivity index (χ3n) is 1.96. The summed E-state index contributed by atoms with van der Waals surface area (Å²) in [5, 5.41) is 0. The lowest BCUT2D eigenvalue weighted by Crippen LogP contribution is -2.06. The summed E-state index contributed by atoms with van der Waals surface area (Å²) in [6.07, 6.45) is 8.67. The molecule has 1 heterocycles. The zero-order valence-corrected chi connectivity index (χ0v) is 8.25. The molecule has 0 aromatic carbocycles. The van der Waals surface area contributed by atoms with Crippen LogP contribution < -0.4 is 0 Å². The molecular weight excluding hydrogens is 164 g/mol. The summed E-state index contributed by atoms with van der Waals surface area (Å²) >= 11 is 0. The molecule has 0 saturated heterocycles. The van der Waals surface area contributed by atoms with E-state index in [1.54, 1.807) is 0 Å². The van der Waals surface area contributed by atoms with E-state index < -0.39 is 0 Å². The summed E-state index contributed by atoms with van der Waals surface area (Å²) in [5.74, 6) is -0.202. The fourth-order valence-electron chi connectivity index (χ4n) is 1.28. The average molecular weight is 180 g/mol. The number of hydrogen-bond donors (Lipinski definition) is 0. The Balaban J connectivity index is 2.11. The summed E-state index contributed by atoms with van der Waals surface area (Å²) in [4.78, 5) is 10.7. The first-order valence-corrected chi connectivity index (χ1v) is 4.70. The van der Waals surface area contributed by atoms with Gasteiger partial charge in [0.25, 0.3) is 0 Å². The number of rotatable bonds is 4. The van der Waals surface area contributed by atoms with Crippen LogP contribution in [0.3, 0.4) is 0 Å². The van der Waals surface area contributed by atoms with Crippen LogP contribution in [-0.4, -0.2) is 12.1 Å². The predicted molar refractivity (Wildman–Crippen MR) is 52.3 cm³/mol. The van der Waals surface area contributed by atoms with Crippen LogP contribution in [0.1, 0.15) is 33.1 Å². The first kappa shape index (κ1) is 10.0. The third-order valence-corrected chi connectivity index (χ3v) is 1.96. The largest absolute Gasteiger partial charge is 0.455 e. The molecule has 0 bridgehead atoms. The van der Waals surface area contributed by atoms with Crippen LogP contribution in [0, 0.1) is 0 Å². The molecule has 0 saturated carbocycles. The summed E-state index contributed by atoms with van der Waals surface area (Å²) in [7, 11) is 0. The molecule has 2 nitrogen and oxygen atoms in total. The maximum absolute atomic E-state index is 10.7.